The van der Waals surface area contributed by atoms with Gasteiger partial charge in [0.1, 0.15) is 19.0 Å². The van der Waals surface area contributed by atoms with Crippen molar-refractivity contribution in [2.45, 2.75) is 33.6 Å². The summed E-state index contributed by atoms with van der Waals surface area (Å²) in [5, 5.41) is 21.4. The lowest BCUT2D eigenvalue weighted by Gasteiger charge is -2.22. The predicted molar refractivity (Wildman–Crippen MR) is 155 cm³/mol. The number of pyridine rings is 1. The number of thioether (sulfide) groups is 1. The molecule has 1 aliphatic rings. The van der Waals surface area contributed by atoms with Crippen molar-refractivity contribution in [3.8, 4) is 0 Å². The average Bonchev–Trinajstić information content (AvgIpc) is 3.21. The maximum Gasteiger partial charge on any atom is 0.312 e. The van der Waals surface area contributed by atoms with E-state index in [-0.39, 0.29) is 54.2 Å². The van der Waals surface area contributed by atoms with E-state index in [9.17, 15) is 19.7 Å². The number of carbonyl (C=O) groups is 2. The van der Waals surface area contributed by atoms with E-state index < -0.39 is 16.3 Å². The van der Waals surface area contributed by atoms with Gasteiger partial charge >= 0.3 is 5.97 Å². The molecule has 3 aromatic rings. The van der Waals surface area contributed by atoms with Crippen molar-refractivity contribution in [3.05, 3.63) is 81.0 Å². The number of rotatable bonds is 12. The second-order valence-corrected chi connectivity index (χ2v) is 11.5. The molecule has 0 radical (unpaired) electrons. The number of ketones is 1. The summed E-state index contributed by atoms with van der Waals surface area (Å²) < 4.78 is 11.5. The Balaban J connectivity index is 1.65. The van der Waals surface area contributed by atoms with Gasteiger partial charge in [-0.15, -0.1) is 0 Å². The second-order valence-electron chi connectivity index (χ2n) is 10.4. The number of carbonyl (C=O) groups excluding carboxylic acids is 2. The molecular formula is C30H32N2O7S. The molecule has 210 valence electrons. The van der Waals surface area contributed by atoms with Gasteiger partial charge in [0.15, 0.2) is 5.78 Å². The molecule has 0 bridgehead atoms. The van der Waals surface area contributed by atoms with E-state index in [4.69, 9.17) is 14.6 Å². The first-order valence-corrected chi connectivity index (χ1v) is 14.2. The SMILES string of the molecule is CC(C)c1ccc2nc(C3=C(OCCOC(=O)C(C)(C)CSCCO)c4ccccc4C3=O)cc([N+](=O)[O-])c2c1. The van der Waals surface area contributed by atoms with Crippen LogP contribution in [0.15, 0.2) is 48.5 Å². The van der Waals surface area contributed by atoms with Crippen LogP contribution in [0.5, 0.6) is 0 Å². The van der Waals surface area contributed by atoms with E-state index in [1.807, 2.05) is 19.9 Å². The van der Waals surface area contributed by atoms with Gasteiger partial charge in [0.05, 0.1) is 39.1 Å². The Morgan fingerprint density at radius 1 is 1.12 bits per heavy atom. The Hall–Kier alpha value is -3.76. The highest BCUT2D eigenvalue weighted by atomic mass is 32.2. The number of hydrogen-bond acceptors (Lipinski definition) is 9. The third-order valence-electron chi connectivity index (χ3n) is 6.61. The van der Waals surface area contributed by atoms with Crippen LogP contribution in [0.25, 0.3) is 22.2 Å². The number of fused-ring (bicyclic) bond motifs is 2. The third kappa shape index (κ3) is 6.03. The Morgan fingerprint density at radius 2 is 1.85 bits per heavy atom. The van der Waals surface area contributed by atoms with Crippen molar-refractivity contribution in [3.63, 3.8) is 0 Å². The van der Waals surface area contributed by atoms with Crippen LogP contribution < -0.4 is 0 Å². The summed E-state index contributed by atoms with van der Waals surface area (Å²) in [6, 6.07) is 13.6. The van der Waals surface area contributed by atoms with Gasteiger partial charge in [-0.05, 0) is 37.5 Å². The minimum absolute atomic E-state index is 0.0283. The minimum Gasteiger partial charge on any atom is -0.489 e. The van der Waals surface area contributed by atoms with E-state index in [0.717, 1.165) is 5.56 Å². The largest absolute Gasteiger partial charge is 0.489 e. The van der Waals surface area contributed by atoms with Crippen LogP contribution >= 0.6 is 11.8 Å². The zero-order valence-corrected chi connectivity index (χ0v) is 23.7. The summed E-state index contributed by atoms with van der Waals surface area (Å²) in [4.78, 5) is 42.3. The highest BCUT2D eigenvalue weighted by Crippen LogP contribution is 2.40. The Kier molecular flexibility index (Phi) is 8.90. The number of benzene rings is 2. The first-order valence-electron chi connectivity index (χ1n) is 13.0. The third-order valence-corrected chi connectivity index (χ3v) is 8.01. The number of esters is 1. The van der Waals surface area contributed by atoms with Crippen LogP contribution in [0.2, 0.25) is 0 Å². The van der Waals surface area contributed by atoms with Gasteiger partial charge in [-0.2, -0.15) is 11.8 Å². The molecule has 1 N–H and O–H groups in total. The number of hydrogen-bond donors (Lipinski definition) is 1. The number of allylic oxidation sites excluding steroid dienone is 1. The summed E-state index contributed by atoms with van der Waals surface area (Å²) >= 11 is 1.46. The summed E-state index contributed by atoms with van der Waals surface area (Å²) in [6.07, 6.45) is 0. The first-order chi connectivity index (χ1) is 19.0. The number of nitro groups is 1. The van der Waals surface area contributed by atoms with E-state index >= 15 is 0 Å². The average molecular weight is 565 g/mol. The summed E-state index contributed by atoms with van der Waals surface area (Å²) in [5.41, 5.74) is 1.69. The maximum absolute atomic E-state index is 13.5. The van der Waals surface area contributed by atoms with Crippen LogP contribution in [-0.4, -0.2) is 58.1 Å². The molecule has 0 aliphatic heterocycles. The van der Waals surface area contributed by atoms with Crippen LogP contribution in [-0.2, 0) is 14.3 Å². The van der Waals surface area contributed by atoms with Gasteiger partial charge in [-0.3, -0.25) is 19.7 Å². The lowest BCUT2D eigenvalue weighted by atomic mass is 9.97. The second kappa shape index (κ2) is 12.2. The number of Topliss-reactive ketones (excluding diaryl/α,β-unsaturated/α-hetero) is 1. The van der Waals surface area contributed by atoms with Crippen molar-refractivity contribution < 1.29 is 29.1 Å². The van der Waals surface area contributed by atoms with Crippen molar-refractivity contribution in [1.82, 2.24) is 4.98 Å². The Labute approximate surface area is 236 Å². The molecule has 1 aromatic heterocycles. The van der Waals surface area contributed by atoms with Crippen LogP contribution in [0, 0.1) is 15.5 Å². The number of ether oxygens (including phenoxy) is 2. The summed E-state index contributed by atoms with van der Waals surface area (Å²) in [7, 11) is 0. The molecule has 0 fully saturated rings. The van der Waals surface area contributed by atoms with Crippen molar-refractivity contribution in [1.29, 1.82) is 0 Å². The Morgan fingerprint density at radius 3 is 2.52 bits per heavy atom. The Bertz CT molecular complexity index is 1500. The number of aliphatic hydroxyl groups excluding tert-OH is 1. The molecule has 0 atom stereocenters. The molecule has 0 spiro atoms. The van der Waals surface area contributed by atoms with Crippen molar-refractivity contribution in [2.75, 3.05) is 31.3 Å². The molecular weight excluding hydrogens is 532 g/mol. The van der Waals surface area contributed by atoms with E-state index in [1.54, 1.807) is 50.2 Å². The van der Waals surface area contributed by atoms with Gasteiger partial charge < -0.3 is 14.6 Å². The van der Waals surface area contributed by atoms with Crippen molar-refractivity contribution >= 4 is 51.4 Å². The molecule has 1 heterocycles. The molecule has 0 saturated heterocycles. The number of aromatic nitrogens is 1. The fourth-order valence-electron chi connectivity index (χ4n) is 4.42. The monoisotopic (exact) mass is 564 g/mol. The number of nitrogens with zero attached hydrogens (tertiary/aromatic N) is 2. The van der Waals surface area contributed by atoms with Gasteiger partial charge in [-0.1, -0.05) is 44.2 Å². The van der Waals surface area contributed by atoms with E-state index in [2.05, 4.69) is 4.98 Å². The topological polar surface area (TPSA) is 129 Å². The van der Waals surface area contributed by atoms with Gasteiger partial charge in [-0.25, -0.2) is 4.98 Å². The first kappa shape index (κ1) is 29.2. The lowest BCUT2D eigenvalue weighted by molar-refractivity contribution is -0.383. The molecule has 9 nitrogen and oxygen atoms in total. The van der Waals surface area contributed by atoms with Crippen LogP contribution in [0.3, 0.4) is 0 Å². The van der Waals surface area contributed by atoms with E-state index in [0.29, 0.717) is 33.5 Å². The van der Waals surface area contributed by atoms with Gasteiger partial charge in [0.2, 0.25) is 0 Å². The van der Waals surface area contributed by atoms with Crippen LogP contribution in [0.4, 0.5) is 5.69 Å². The fraction of sp³-hybridized carbons (Fsp3) is 0.367. The normalized spacial score (nSPS) is 13.2. The molecule has 0 amide bonds. The molecule has 4 rings (SSSR count). The molecule has 0 unspecified atom stereocenters. The highest BCUT2D eigenvalue weighted by Gasteiger charge is 2.34. The standard InChI is InChI=1S/C30H32N2O7S/c1-18(2)19-9-10-23-22(15-19)25(32(36)37)16-24(31-23)26-27(34)20-7-5-6-8-21(20)28(26)38-12-13-39-29(35)30(3,4)17-40-14-11-33/h5-10,15-16,18,33H,11-14,17H2,1-4H3. The summed E-state index contributed by atoms with van der Waals surface area (Å²) in [6.45, 7) is 7.52. The molecule has 2 aromatic carbocycles. The molecule has 1 aliphatic carbocycles. The van der Waals surface area contributed by atoms with Crippen LogP contribution in [0.1, 0.15) is 60.8 Å². The molecule has 10 heteroatoms. The quantitative estimate of drug-likeness (QED) is 0.129. The van der Waals surface area contributed by atoms with E-state index in [1.165, 1.54) is 17.8 Å². The predicted octanol–water partition coefficient (Wildman–Crippen LogP) is 5.64. The highest BCUT2D eigenvalue weighted by molar-refractivity contribution is 7.99. The number of aliphatic hydroxyl groups is 1. The lowest BCUT2D eigenvalue weighted by Crippen LogP contribution is -2.30. The summed E-state index contributed by atoms with van der Waals surface area (Å²) in [5.74, 6) is 0.709. The zero-order valence-electron chi connectivity index (χ0n) is 22.9. The van der Waals surface area contributed by atoms with Crippen molar-refractivity contribution in [2.24, 2.45) is 5.41 Å². The minimum atomic E-state index is -0.746. The molecule has 40 heavy (non-hydrogen) atoms. The smallest absolute Gasteiger partial charge is 0.312 e. The van der Waals surface area contributed by atoms with Gasteiger partial charge in [0.25, 0.3) is 5.69 Å². The molecule has 0 saturated carbocycles. The van der Waals surface area contributed by atoms with Gasteiger partial charge in [0, 0.05) is 28.7 Å². The maximum atomic E-state index is 13.5. The fourth-order valence-corrected chi connectivity index (χ4v) is 5.32. The zero-order chi connectivity index (χ0) is 29.0.